The largest absolute Gasteiger partial charge is 0.497 e. The molecule has 1 heterocycles. The number of rotatable bonds is 11. The second-order valence-electron chi connectivity index (χ2n) is 7.43. The first kappa shape index (κ1) is 21.4. The maximum absolute atomic E-state index is 12.0. The van der Waals surface area contributed by atoms with Crippen molar-refractivity contribution in [3.8, 4) is 5.75 Å². The standard InChI is InChI=1S/C24H30N3O2/c1-18(8-6-14-25-23(28)13-5-11-19-9-3-4-10-19)27-22-17-21(29-2)16-20-12-7-15-26-24(20)22/h3-4,7,9-10,12,15-18,27H,5-6,8,11,13-14H2,1-2H3,(H,25,28). The van der Waals surface area contributed by atoms with E-state index in [1.165, 1.54) is 5.92 Å². The topological polar surface area (TPSA) is 63.2 Å². The summed E-state index contributed by atoms with van der Waals surface area (Å²) in [5.41, 5.74) is 1.92. The van der Waals surface area contributed by atoms with Crippen LogP contribution in [0.4, 0.5) is 5.69 Å². The summed E-state index contributed by atoms with van der Waals surface area (Å²) in [5.74, 6) is 2.26. The Morgan fingerprint density at radius 3 is 2.83 bits per heavy atom. The molecule has 1 saturated carbocycles. The molecule has 1 aliphatic rings. The van der Waals surface area contributed by atoms with Crippen molar-refractivity contribution in [3.05, 3.63) is 62.1 Å². The summed E-state index contributed by atoms with van der Waals surface area (Å²) in [6, 6.07) is 8.21. The van der Waals surface area contributed by atoms with Crippen LogP contribution in [-0.4, -0.2) is 30.6 Å². The van der Waals surface area contributed by atoms with Crippen LogP contribution in [0.2, 0.25) is 0 Å². The van der Waals surface area contributed by atoms with Crippen LogP contribution in [0.25, 0.3) is 10.9 Å². The zero-order valence-electron chi connectivity index (χ0n) is 17.3. The van der Waals surface area contributed by atoms with Crippen molar-refractivity contribution in [2.75, 3.05) is 19.0 Å². The molecule has 29 heavy (non-hydrogen) atoms. The van der Waals surface area contributed by atoms with Crippen molar-refractivity contribution in [1.82, 2.24) is 10.3 Å². The highest BCUT2D eigenvalue weighted by Crippen LogP contribution is 2.29. The van der Waals surface area contributed by atoms with Gasteiger partial charge < -0.3 is 15.4 Å². The van der Waals surface area contributed by atoms with Gasteiger partial charge in [-0.25, -0.2) is 0 Å². The van der Waals surface area contributed by atoms with Gasteiger partial charge in [-0.05, 0) is 76.3 Å². The number of hydrogen-bond donors (Lipinski definition) is 2. The van der Waals surface area contributed by atoms with Crippen molar-refractivity contribution in [3.63, 3.8) is 0 Å². The third kappa shape index (κ3) is 6.62. The molecule has 5 nitrogen and oxygen atoms in total. The highest BCUT2D eigenvalue weighted by atomic mass is 16.5. The summed E-state index contributed by atoms with van der Waals surface area (Å²) in [6.45, 7) is 2.86. The lowest BCUT2D eigenvalue weighted by molar-refractivity contribution is -0.121. The fraction of sp³-hybridized carbons (Fsp3) is 0.375. The number of fused-ring (bicyclic) bond motifs is 1. The first-order valence-corrected chi connectivity index (χ1v) is 10.3. The van der Waals surface area contributed by atoms with Crippen LogP contribution in [-0.2, 0) is 4.79 Å². The van der Waals surface area contributed by atoms with Gasteiger partial charge in [-0.2, -0.15) is 0 Å². The summed E-state index contributed by atoms with van der Waals surface area (Å²) in [6.07, 6.45) is 14.4. The number of carbonyl (C=O) groups excluding carboxylic acids is 1. The van der Waals surface area contributed by atoms with Gasteiger partial charge in [0.25, 0.3) is 0 Å². The average Bonchev–Trinajstić information content (AvgIpc) is 3.24. The first-order chi connectivity index (χ1) is 14.2. The van der Waals surface area contributed by atoms with Crippen LogP contribution in [0.1, 0.15) is 39.0 Å². The van der Waals surface area contributed by atoms with E-state index in [1.54, 1.807) is 13.3 Å². The number of amides is 1. The predicted octanol–water partition coefficient (Wildman–Crippen LogP) is 4.52. The molecule has 0 bridgehead atoms. The quantitative estimate of drug-likeness (QED) is 0.552. The smallest absolute Gasteiger partial charge is 0.219 e. The number of pyridine rings is 1. The molecule has 1 aromatic heterocycles. The van der Waals surface area contributed by atoms with Gasteiger partial charge in [-0.3, -0.25) is 9.78 Å². The van der Waals surface area contributed by atoms with E-state index in [9.17, 15) is 4.79 Å². The minimum Gasteiger partial charge on any atom is -0.497 e. The SMILES string of the molecule is COc1cc(NC(C)CCCNC(=O)CCC[C]2[CH][CH][CH][CH]2)c2ncccc2c1. The van der Waals surface area contributed by atoms with Crippen LogP contribution in [0.15, 0.2) is 30.5 Å². The zero-order chi connectivity index (χ0) is 20.5. The lowest BCUT2D eigenvalue weighted by Gasteiger charge is -2.17. The Kier molecular flexibility index (Phi) is 8.14. The number of carbonyl (C=O) groups is 1. The third-order valence-corrected chi connectivity index (χ3v) is 5.05. The highest BCUT2D eigenvalue weighted by Gasteiger charge is 2.16. The minimum atomic E-state index is 0.139. The van der Waals surface area contributed by atoms with Gasteiger partial charge in [0.15, 0.2) is 0 Å². The van der Waals surface area contributed by atoms with E-state index in [4.69, 9.17) is 4.74 Å². The molecule has 0 saturated heterocycles. The average molecular weight is 393 g/mol. The molecule has 5 heteroatoms. The number of nitrogens with one attached hydrogen (secondary N) is 2. The van der Waals surface area contributed by atoms with Crippen molar-refractivity contribution < 1.29 is 9.53 Å². The fourth-order valence-electron chi connectivity index (χ4n) is 3.49. The van der Waals surface area contributed by atoms with E-state index in [2.05, 4.69) is 35.4 Å². The summed E-state index contributed by atoms with van der Waals surface area (Å²) in [5, 5.41) is 7.62. The number of hydrogen-bond acceptors (Lipinski definition) is 4. The van der Waals surface area contributed by atoms with Gasteiger partial charge in [0, 0.05) is 36.7 Å². The van der Waals surface area contributed by atoms with Crippen molar-refractivity contribution in [2.24, 2.45) is 0 Å². The second-order valence-corrected chi connectivity index (χ2v) is 7.43. The third-order valence-electron chi connectivity index (χ3n) is 5.05. The Balaban J connectivity index is 1.37. The predicted molar refractivity (Wildman–Crippen MR) is 118 cm³/mol. The van der Waals surface area contributed by atoms with Gasteiger partial charge in [-0.1, -0.05) is 6.07 Å². The lowest BCUT2D eigenvalue weighted by Crippen LogP contribution is -2.25. The van der Waals surface area contributed by atoms with Crippen LogP contribution >= 0.6 is 0 Å². The highest BCUT2D eigenvalue weighted by molar-refractivity contribution is 5.91. The monoisotopic (exact) mass is 392 g/mol. The Morgan fingerprint density at radius 2 is 2.03 bits per heavy atom. The Labute approximate surface area is 174 Å². The molecule has 0 aliphatic heterocycles. The molecule has 1 aromatic carbocycles. The molecule has 0 spiro atoms. The van der Waals surface area contributed by atoms with Crippen LogP contribution < -0.4 is 15.4 Å². The molecule has 2 aromatic rings. The summed E-state index contributed by atoms with van der Waals surface area (Å²) in [7, 11) is 1.67. The van der Waals surface area contributed by atoms with E-state index in [-0.39, 0.29) is 11.9 Å². The molecule has 3 rings (SSSR count). The summed E-state index contributed by atoms with van der Waals surface area (Å²) < 4.78 is 5.41. The Bertz CT molecular complexity index is 787. The molecular weight excluding hydrogens is 362 g/mol. The molecule has 1 amide bonds. The van der Waals surface area contributed by atoms with E-state index in [0.717, 1.165) is 48.0 Å². The van der Waals surface area contributed by atoms with Gasteiger partial charge in [0.2, 0.25) is 5.91 Å². The fourth-order valence-corrected chi connectivity index (χ4v) is 3.49. The molecule has 1 fully saturated rings. The van der Waals surface area contributed by atoms with Gasteiger partial charge in [-0.15, -0.1) is 0 Å². The van der Waals surface area contributed by atoms with Gasteiger partial charge in [0.1, 0.15) is 5.75 Å². The van der Waals surface area contributed by atoms with E-state index in [0.29, 0.717) is 13.0 Å². The molecule has 5 radical (unpaired) electrons. The number of methoxy groups -OCH3 is 1. The lowest BCUT2D eigenvalue weighted by atomic mass is 10.0. The molecule has 1 atom stereocenters. The van der Waals surface area contributed by atoms with E-state index < -0.39 is 0 Å². The van der Waals surface area contributed by atoms with Gasteiger partial charge in [0.05, 0.1) is 18.3 Å². The Hall–Kier alpha value is -2.30. The number of aromatic nitrogens is 1. The second kappa shape index (κ2) is 11.0. The first-order valence-electron chi connectivity index (χ1n) is 10.3. The van der Waals surface area contributed by atoms with E-state index in [1.807, 2.05) is 37.1 Å². The molecule has 2 N–H and O–H groups in total. The summed E-state index contributed by atoms with van der Waals surface area (Å²) >= 11 is 0. The number of anilines is 1. The number of benzene rings is 1. The molecular formula is C24H30N3O2. The molecule has 1 unspecified atom stereocenters. The van der Waals surface area contributed by atoms with Crippen molar-refractivity contribution in [2.45, 2.75) is 45.1 Å². The van der Waals surface area contributed by atoms with Crippen LogP contribution in [0.3, 0.4) is 0 Å². The van der Waals surface area contributed by atoms with Crippen molar-refractivity contribution >= 4 is 22.5 Å². The van der Waals surface area contributed by atoms with Gasteiger partial charge >= 0.3 is 0 Å². The maximum Gasteiger partial charge on any atom is 0.219 e. The number of ether oxygens (including phenoxy) is 1. The minimum absolute atomic E-state index is 0.139. The molecule has 153 valence electrons. The van der Waals surface area contributed by atoms with Crippen LogP contribution in [0, 0.1) is 31.6 Å². The number of nitrogens with zero attached hydrogens (tertiary/aromatic N) is 1. The maximum atomic E-state index is 12.0. The zero-order valence-corrected chi connectivity index (χ0v) is 17.3. The Morgan fingerprint density at radius 1 is 1.21 bits per heavy atom. The van der Waals surface area contributed by atoms with Crippen LogP contribution in [0.5, 0.6) is 5.75 Å². The van der Waals surface area contributed by atoms with E-state index >= 15 is 0 Å². The summed E-state index contributed by atoms with van der Waals surface area (Å²) in [4.78, 5) is 16.5. The van der Waals surface area contributed by atoms with Crippen molar-refractivity contribution in [1.29, 1.82) is 0 Å². The normalized spacial score (nSPS) is 15.4. The molecule has 1 aliphatic carbocycles.